The van der Waals surface area contributed by atoms with Crippen LogP contribution in [0.2, 0.25) is 0 Å². The Kier molecular flexibility index (Phi) is 6.55. The number of pyridine rings is 1. The number of anilines is 2. The maximum Gasteiger partial charge on any atom is 0.303 e. The van der Waals surface area contributed by atoms with Crippen LogP contribution >= 0.6 is 0 Å². The Hall–Kier alpha value is -3.59. The van der Waals surface area contributed by atoms with Gasteiger partial charge in [0.05, 0.1) is 36.9 Å². The van der Waals surface area contributed by atoms with E-state index in [9.17, 15) is 9.59 Å². The predicted octanol–water partition coefficient (Wildman–Crippen LogP) is 2.46. The number of fused-ring (bicyclic) bond motifs is 1. The molecule has 1 unspecified atom stereocenters. The molecule has 0 bridgehead atoms. The summed E-state index contributed by atoms with van der Waals surface area (Å²) in [6.07, 6.45) is -0.354. The van der Waals surface area contributed by atoms with Gasteiger partial charge in [0.15, 0.2) is 18.0 Å². The van der Waals surface area contributed by atoms with Crippen LogP contribution < -0.4 is 10.2 Å². The fourth-order valence-electron chi connectivity index (χ4n) is 3.63. The van der Waals surface area contributed by atoms with E-state index in [0.29, 0.717) is 37.6 Å². The molecular formula is C23H25N5O4. The molecule has 1 aliphatic rings. The molecule has 2 atom stereocenters. The number of nitrogens with one attached hydrogen (secondary N) is 1. The van der Waals surface area contributed by atoms with E-state index in [1.807, 2.05) is 42.5 Å². The first-order chi connectivity index (χ1) is 15.5. The lowest BCUT2D eigenvalue weighted by Crippen LogP contribution is -2.44. The van der Waals surface area contributed by atoms with Crippen LogP contribution in [0.1, 0.15) is 13.8 Å². The van der Waals surface area contributed by atoms with Gasteiger partial charge in [0.25, 0.3) is 0 Å². The van der Waals surface area contributed by atoms with Gasteiger partial charge in [0.2, 0.25) is 5.95 Å². The molecule has 0 aliphatic carbocycles. The zero-order valence-corrected chi connectivity index (χ0v) is 18.0. The molecule has 166 valence electrons. The third-order valence-electron chi connectivity index (χ3n) is 5.18. The van der Waals surface area contributed by atoms with Crippen molar-refractivity contribution in [3.8, 4) is 11.3 Å². The van der Waals surface area contributed by atoms with E-state index in [0.717, 1.165) is 22.5 Å². The van der Waals surface area contributed by atoms with Crippen molar-refractivity contribution in [2.24, 2.45) is 0 Å². The molecule has 1 fully saturated rings. The van der Waals surface area contributed by atoms with E-state index < -0.39 is 12.1 Å². The van der Waals surface area contributed by atoms with Crippen LogP contribution in [-0.2, 0) is 19.1 Å². The molecule has 2 aromatic heterocycles. The molecule has 0 saturated carbocycles. The van der Waals surface area contributed by atoms with Gasteiger partial charge in [-0.2, -0.15) is 9.97 Å². The van der Waals surface area contributed by atoms with Gasteiger partial charge in [-0.05, 0) is 19.1 Å². The van der Waals surface area contributed by atoms with Gasteiger partial charge < -0.3 is 19.7 Å². The quantitative estimate of drug-likeness (QED) is 0.442. The number of esters is 1. The van der Waals surface area contributed by atoms with Crippen LogP contribution in [-0.4, -0.2) is 65.7 Å². The van der Waals surface area contributed by atoms with Crippen LogP contribution in [0.4, 0.5) is 11.8 Å². The fraction of sp³-hybridized carbons (Fsp3) is 0.348. The number of rotatable bonds is 7. The van der Waals surface area contributed by atoms with Gasteiger partial charge in [0, 0.05) is 19.0 Å². The Bertz CT molecular complexity index is 1110. The number of benzene rings is 1. The molecule has 9 heteroatoms. The molecular weight excluding hydrogens is 410 g/mol. The van der Waals surface area contributed by atoms with Crippen molar-refractivity contribution in [1.29, 1.82) is 0 Å². The number of morpholine rings is 1. The van der Waals surface area contributed by atoms with Crippen molar-refractivity contribution in [3.05, 3.63) is 42.5 Å². The van der Waals surface area contributed by atoms with Crippen LogP contribution in [0.3, 0.4) is 0 Å². The van der Waals surface area contributed by atoms with Gasteiger partial charge in [-0.15, -0.1) is 0 Å². The lowest BCUT2D eigenvalue weighted by molar-refractivity contribution is -0.148. The number of hydrogen-bond acceptors (Lipinski definition) is 9. The van der Waals surface area contributed by atoms with Crippen molar-refractivity contribution in [2.75, 3.05) is 36.5 Å². The first kappa shape index (κ1) is 21.6. The molecule has 4 rings (SSSR count). The Labute approximate surface area is 185 Å². The summed E-state index contributed by atoms with van der Waals surface area (Å²) in [6, 6.07) is 13.9. The first-order valence-corrected chi connectivity index (χ1v) is 10.5. The molecule has 3 aromatic rings. The Balaban J connectivity index is 1.73. The summed E-state index contributed by atoms with van der Waals surface area (Å²) in [6.45, 7) is 5.30. The van der Waals surface area contributed by atoms with Crippen LogP contribution in [0, 0.1) is 0 Å². The fourth-order valence-corrected chi connectivity index (χ4v) is 3.63. The third-order valence-corrected chi connectivity index (χ3v) is 5.18. The van der Waals surface area contributed by atoms with Gasteiger partial charge >= 0.3 is 5.97 Å². The number of carbonyl (C=O) groups is 2. The largest absolute Gasteiger partial charge is 0.453 e. The maximum absolute atomic E-state index is 11.2. The summed E-state index contributed by atoms with van der Waals surface area (Å²) < 4.78 is 10.6. The Morgan fingerprint density at radius 2 is 2.06 bits per heavy atom. The summed E-state index contributed by atoms with van der Waals surface area (Å²) in [4.78, 5) is 38.7. The number of nitrogens with zero attached hydrogens (tertiary/aromatic N) is 4. The first-order valence-electron chi connectivity index (χ1n) is 10.5. The van der Waals surface area contributed by atoms with E-state index >= 15 is 0 Å². The van der Waals surface area contributed by atoms with Crippen molar-refractivity contribution < 1.29 is 19.1 Å². The lowest BCUT2D eigenvalue weighted by atomic mass is 10.1. The molecule has 1 aromatic carbocycles. The molecule has 0 radical (unpaired) electrons. The maximum atomic E-state index is 11.2. The second-order valence-electron chi connectivity index (χ2n) is 7.59. The normalized spacial score (nSPS) is 17.1. The van der Waals surface area contributed by atoms with Gasteiger partial charge in [-0.3, -0.25) is 9.59 Å². The van der Waals surface area contributed by atoms with E-state index in [2.05, 4.69) is 22.1 Å². The topological polar surface area (TPSA) is 107 Å². The predicted molar refractivity (Wildman–Crippen MR) is 121 cm³/mol. The molecule has 0 spiro atoms. The zero-order valence-electron chi connectivity index (χ0n) is 18.0. The molecule has 3 heterocycles. The zero-order chi connectivity index (χ0) is 22.5. The molecule has 1 saturated heterocycles. The average molecular weight is 435 g/mol. The Morgan fingerprint density at radius 1 is 1.25 bits per heavy atom. The number of aromatic nitrogens is 3. The number of hydrogen-bond donors (Lipinski definition) is 1. The average Bonchev–Trinajstić information content (AvgIpc) is 2.81. The summed E-state index contributed by atoms with van der Waals surface area (Å²) in [5.74, 6) is 0.527. The van der Waals surface area contributed by atoms with Crippen molar-refractivity contribution in [3.63, 3.8) is 0 Å². The van der Waals surface area contributed by atoms with E-state index in [1.165, 1.54) is 6.92 Å². The number of ether oxygens (including phenoxy) is 2. The molecule has 1 N–H and O–H groups in total. The van der Waals surface area contributed by atoms with Crippen molar-refractivity contribution in [1.82, 2.24) is 15.0 Å². The molecule has 1 aliphatic heterocycles. The number of aldehydes is 1. The highest BCUT2D eigenvalue weighted by molar-refractivity contribution is 5.90. The van der Waals surface area contributed by atoms with E-state index in [1.54, 1.807) is 0 Å². The Morgan fingerprint density at radius 3 is 2.78 bits per heavy atom. The highest BCUT2D eigenvalue weighted by Gasteiger charge is 2.24. The van der Waals surface area contributed by atoms with Crippen LogP contribution in [0.5, 0.6) is 0 Å². The van der Waals surface area contributed by atoms with E-state index in [4.69, 9.17) is 19.4 Å². The van der Waals surface area contributed by atoms with Crippen LogP contribution in [0.25, 0.3) is 22.3 Å². The monoisotopic (exact) mass is 435 g/mol. The third kappa shape index (κ3) is 4.83. The minimum absolute atomic E-state index is 0.0606. The van der Waals surface area contributed by atoms with Crippen molar-refractivity contribution >= 4 is 35.1 Å². The second kappa shape index (κ2) is 9.69. The smallest absolute Gasteiger partial charge is 0.303 e. The summed E-state index contributed by atoms with van der Waals surface area (Å²) in [5, 5.41) is 3.85. The SMILES string of the molecule is CC(=O)OC(C=O)CNc1nc(N2CCOC[C@@H]2C)c2ccc(-c3ccccc3)nc2n1. The highest BCUT2D eigenvalue weighted by atomic mass is 16.5. The van der Waals surface area contributed by atoms with Crippen LogP contribution in [0.15, 0.2) is 42.5 Å². The van der Waals surface area contributed by atoms with Gasteiger partial charge in [-0.1, -0.05) is 30.3 Å². The molecule has 32 heavy (non-hydrogen) atoms. The highest BCUT2D eigenvalue weighted by Crippen LogP contribution is 2.29. The minimum Gasteiger partial charge on any atom is -0.453 e. The summed E-state index contributed by atoms with van der Waals surface area (Å²) >= 11 is 0. The molecule has 0 amide bonds. The lowest BCUT2D eigenvalue weighted by Gasteiger charge is -2.35. The summed E-state index contributed by atoms with van der Waals surface area (Å²) in [5.41, 5.74) is 2.32. The second-order valence-corrected chi connectivity index (χ2v) is 7.59. The summed E-state index contributed by atoms with van der Waals surface area (Å²) in [7, 11) is 0. The van der Waals surface area contributed by atoms with E-state index in [-0.39, 0.29) is 12.6 Å². The number of carbonyl (C=O) groups excluding carboxylic acids is 2. The minimum atomic E-state index is -0.929. The molecule has 9 nitrogen and oxygen atoms in total. The van der Waals surface area contributed by atoms with Gasteiger partial charge in [-0.25, -0.2) is 4.98 Å². The van der Waals surface area contributed by atoms with Gasteiger partial charge in [0.1, 0.15) is 5.82 Å². The van der Waals surface area contributed by atoms with Crippen molar-refractivity contribution in [2.45, 2.75) is 26.0 Å². The standard InChI is InChI=1S/C23H25N5O4/c1-15-14-31-11-10-28(15)22-19-8-9-20(17-6-4-3-5-7-17)25-21(19)26-23(27-22)24-12-18(13-29)32-16(2)30/h3-9,13,15,18H,10-12,14H2,1-2H3,(H,24,25,26,27)/t15-,18?/m0/s1.